The Morgan fingerprint density at radius 2 is 1.79 bits per heavy atom. The molecule has 56 heavy (non-hydrogen) atoms. The number of methoxy groups -OCH3 is 1. The number of nitrogens with one attached hydrogen (secondary N) is 2. The van der Waals surface area contributed by atoms with E-state index in [1.54, 1.807) is 7.11 Å². The molecule has 3 aliphatic heterocycles. The van der Waals surface area contributed by atoms with Gasteiger partial charge in [0.25, 0.3) is 0 Å². The van der Waals surface area contributed by atoms with E-state index in [9.17, 15) is 30.0 Å². The first-order valence-corrected chi connectivity index (χ1v) is 22.1. The lowest BCUT2D eigenvalue weighted by molar-refractivity contribution is -0.125. The second kappa shape index (κ2) is 21.2. The molecule has 0 radical (unpaired) electrons. The number of nitrogens with two attached hydrogens (primary N) is 1. The van der Waals surface area contributed by atoms with Gasteiger partial charge in [-0.05, 0) is 131 Å². The Morgan fingerprint density at radius 3 is 2.57 bits per heavy atom. The number of ether oxygens (including phenoxy) is 1. The van der Waals surface area contributed by atoms with Gasteiger partial charge in [-0.25, -0.2) is 0 Å². The zero-order valence-corrected chi connectivity index (χ0v) is 33.8. The van der Waals surface area contributed by atoms with Crippen molar-refractivity contribution in [2.24, 2.45) is 64.0 Å². The highest BCUT2D eigenvalue weighted by Crippen LogP contribution is 2.43. The van der Waals surface area contributed by atoms with Crippen molar-refractivity contribution in [3.8, 4) is 11.8 Å². The van der Waals surface area contributed by atoms with Crippen LogP contribution in [0.4, 0.5) is 0 Å². The number of hydrogen-bond donors (Lipinski definition) is 7. The summed E-state index contributed by atoms with van der Waals surface area (Å²) in [4.78, 5) is 30.0. The highest BCUT2D eigenvalue weighted by atomic mass is 16.5. The Labute approximate surface area is 335 Å². The number of allylic oxidation sites excluding steroid dienone is 1. The van der Waals surface area contributed by atoms with Crippen LogP contribution in [-0.4, -0.2) is 102 Å². The van der Waals surface area contributed by atoms with E-state index >= 15 is 0 Å². The van der Waals surface area contributed by atoms with E-state index in [0.717, 1.165) is 58.0 Å². The van der Waals surface area contributed by atoms with Crippen LogP contribution in [0.15, 0.2) is 16.6 Å². The van der Waals surface area contributed by atoms with Crippen molar-refractivity contribution in [3.63, 3.8) is 0 Å². The Hall–Kier alpha value is -2.14. The summed E-state index contributed by atoms with van der Waals surface area (Å²) in [5, 5.41) is 51.0. The van der Waals surface area contributed by atoms with Crippen molar-refractivity contribution in [2.45, 2.75) is 152 Å². The molecular weight excluding hydrogens is 709 g/mol. The van der Waals surface area contributed by atoms with Crippen LogP contribution in [0.3, 0.4) is 0 Å². The lowest BCUT2D eigenvalue weighted by atomic mass is 9.67. The van der Waals surface area contributed by atoms with Gasteiger partial charge in [-0.3, -0.25) is 9.59 Å². The van der Waals surface area contributed by atoms with E-state index in [4.69, 9.17) is 10.5 Å². The van der Waals surface area contributed by atoms with Crippen LogP contribution in [0, 0.1) is 71.6 Å². The number of carbonyl (C=O) groups is 2. The molecule has 0 bridgehead atoms. The molecule has 3 aliphatic carbocycles. The van der Waals surface area contributed by atoms with Gasteiger partial charge >= 0.3 is 0 Å². The molecular formula is C45H71N4O7+. The number of Topliss-reactive ketones (excluding diaryl/α,β-unsaturated/α-hetero) is 2. The first-order valence-electron chi connectivity index (χ1n) is 22.1. The second-order valence-electron chi connectivity index (χ2n) is 18.4. The Bertz CT molecular complexity index is 1410. The number of carbonyl (C=O) groups excluding carboxylic acids is 2. The SMILES string of the molecule is COC1CC2CCC(=O)[C@@H]([C@H](O)CCC[C@H](CCO)[C@H]3CN[C@@H]4CC(=O)CC[C@H]4C3)C#C[C@@H](CC[C@H](O)CCC3CC(N)NCC3CC3=C[CH+]N=C3)C2CC1O. The Balaban J connectivity index is 1.07. The van der Waals surface area contributed by atoms with E-state index in [-0.39, 0.29) is 48.5 Å². The van der Waals surface area contributed by atoms with Crippen LogP contribution in [0.25, 0.3) is 0 Å². The van der Waals surface area contributed by atoms with Crippen molar-refractivity contribution >= 4 is 17.8 Å². The quantitative estimate of drug-likeness (QED) is 0.0845. The van der Waals surface area contributed by atoms with Crippen LogP contribution in [-0.2, 0) is 14.3 Å². The molecule has 3 heterocycles. The molecule has 11 heteroatoms. The average molecular weight is 780 g/mol. The normalized spacial score (nSPS) is 37.7. The molecule has 312 valence electrons. The average Bonchev–Trinajstić information content (AvgIpc) is 3.72. The molecule has 8 N–H and O–H groups in total. The molecule has 6 rings (SSSR count). The fraction of sp³-hybridized carbons (Fsp3) is 0.822. The van der Waals surface area contributed by atoms with Gasteiger partial charge in [-0.2, -0.15) is 0 Å². The predicted octanol–water partition coefficient (Wildman–Crippen LogP) is 3.86. The highest BCUT2D eigenvalue weighted by Gasteiger charge is 2.42. The molecule has 2 saturated carbocycles. The number of piperidine rings is 2. The summed E-state index contributed by atoms with van der Waals surface area (Å²) >= 11 is 0. The molecule has 0 aromatic carbocycles. The van der Waals surface area contributed by atoms with Crippen LogP contribution in [0.2, 0.25) is 0 Å². The molecule has 6 aliphatic rings. The van der Waals surface area contributed by atoms with Crippen molar-refractivity contribution in [1.29, 1.82) is 0 Å². The second-order valence-corrected chi connectivity index (χ2v) is 18.4. The van der Waals surface area contributed by atoms with Crippen molar-refractivity contribution in [1.82, 2.24) is 10.6 Å². The largest absolute Gasteiger partial charge is 0.396 e. The zero-order valence-electron chi connectivity index (χ0n) is 33.8. The number of aliphatic hydroxyl groups excluding tert-OH is 4. The van der Waals surface area contributed by atoms with E-state index in [1.807, 2.05) is 12.8 Å². The predicted molar refractivity (Wildman–Crippen MR) is 217 cm³/mol. The van der Waals surface area contributed by atoms with Gasteiger partial charge in [0, 0.05) is 57.9 Å². The Kier molecular flexibility index (Phi) is 16.5. The van der Waals surface area contributed by atoms with E-state index in [2.05, 4.69) is 33.5 Å². The van der Waals surface area contributed by atoms with Crippen LogP contribution in [0.5, 0.6) is 0 Å². The summed E-state index contributed by atoms with van der Waals surface area (Å²) in [5.74, 6) is 8.56. The minimum absolute atomic E-state index is 0.0157. The monoisotopic (exact) mass is 780 g/mol. The van der Waals surface area contributed by atoms with Crippen molar-refractivity contribution < 1.29 is 34.8 Å². The molecule has 7 unspecified atom stereocenters. The van der Waals surface area contributed by atoms with Crippen LogP contribution >= 0.6 is 0 Å². The molecule has 4 fully saturated rings. The molecule has 0 amide bonds. The molecule has 11 nitrogen and oxygen atoms in total. The zero-order chi connectivity index (χ0) is 39.6. The summed E-state index contributed by atoms with van der Waals surface area (Å²) in [5.41, 5.74) is 7.55. The minimum atomic E-state index is -0.875. The maximum absolute atomic E-state index is 13.7. The van der Waals surface area contributed by atoms with Crippen molar-refractivity contribution in [3.05, 3.63) is 18.2 Å². The molecule has 0 aromatic heterocycles. The molecule has 2 saturated heterocycles. The fourth-order valence-electron chi connectivity index (χ4n) is 11.4. The van der Waals surface area contributed by atoms with Crippen LogP contribution < -0.4 is 16.4 Å². The van der Waals surface area contributed by atoms with Crippen molar-refractivity contribution in [2.75, 3.05) is 26.8 Å². The summed E-state index contributed by atoms with van der Waals surface area (Å²) < 4.78 is 5.67. The maximum atomic E-state index is 13.7. The fourth-order valence-corrected chi connectivity index (χ4v) is 11.4. The molecule has 15 atom stereocenters. The minimum Gasteiger partial charge on any atom is -0.396 e. The lowest BCUT2D eigenvalue weighted by Crippen LogP contribution is -2.50. The first-order chi connectivity index (χ1) is 27.1. The number of nitrogens with zero attached hydrogens (tertiary/aromatic N) is 1. The Morgan fingerprint density at radius 1 is 0.964 bits per heavy atom. The van der Waals surface area contributed by atoms with Gasteiger partial charge < -0.3 is 41.5 Å². The van der Waals surface area contributed by atoms with Gasteiger partial charge in [-0.15, -0.1) is 4.99 Å². The third-order valence-corrected chi connectivity index (χ3v) is 14.8. The summed E-state index contributed by atoms with van der Waals surface area (Å²) in [7, 11) is 1.63. The number of hydrogen-bond acceptors (Lipinski definition) is 11. The number of fused-ring (bicyclic) bond motifs is 2. The standard InChI is InChI=1S/C45H71N4O7/c1-56-44-21-32-9-14-42(54)38(41(53)4-2-3-29(16-18-50)35-20-33-7-12-37(52)23-40(33)48-26-35)13-8-30(39(32)24-43(44)55)5-10-36(51)11-6-31-22-45(46)49-27-34(31)19-28-15-17-47-25-28/h15,17,25,29-36,38-41,43-45,48-51,53,55H,2-7,9-12,14,16,18-24,26-27,46H2,1H3/q+1/t29-,30-,31?,32?,33+,34?,35-,36+,38-,39?,40-,41-,43?,44?,45?/m1/s1. The number of ketones is 2. The van der Waals surface area contributed by atoms with Gasteiger partial charge in [0.15, 0.2) is 6.21 Å². The topological polar surface area (TPSA) is 187 Å². The summed E-state index contributed by atoms with van der Waals surface area (Å²) in [6.07, 6.45) is 14.7. The van der Waals surface area contributed by atoms with E-state index in [0.29, 0.717) is 106 Å². The summed E-state index contributed by atoms with van der Waals surface area (Å²) in [6.45, 7) is 3.67. The van der Waals surface area contributed by atoms with Gasteiger partial charge in [-0.1, -0.05) is 18.3 Å². The maximum Gasteiger partial charge on any atom is 0.176 e. The summed E-state index contributed by atoms with van der Waals surface area (Å²) in [6, 6.07) is 0.280. The van der Waals surface area contributed by atoms with E-state index < -0.39 is 24.2 Å². The first kappa shape index (κ1) is 43.4. The molecule has 0 spiro atoms. The third-order valence-electron chi connectivity index (χ3n) is 14.8. The van der Waals surface area contributed by atoms with Crippen LogP contribution in [0.1, 0.15) is 116 Å². The number of rotatable bonds is 17. The van der Waals surface area contributed by atoms with E-state index in [1.165, 1.54) is 5.57 Å². The lowest BCUT2D eigenvalue weighted by Gasteiger charge is -2.42. The van der Waals surface area contributed by atoms with Gasteiger partial charge in [0.05, 0.1) is 36.7 Å². The third kappa shape index (κ3) is 11.7. The smallest absolute Gasteiger partial charge is 0.176 e. The van der Waals surface area contributed by atoms with Gasteiger partial charge in [0.1, 0.15) is 29.6 Å². The van der Waals surface area contributed by atoms with Gasteiger partial charge in [0.2, 0.25) is 0 Å². The number of aliphatic imine (C=N–C) groups is 1. The molecule has 0 aromatic rings. The number of aliphatic hydroxyl groups is 4. The highest BCUT2D eigenvalue weighted by molar-refractivity contribution is 5.84.